The number of carboxylic acid groups (broad SMARTS) is 1. The fourth-order valence-electron chi connectivity index (χ4n) is 3.12. The van der Waals surface area contributed by atoms with Gasteiger partial charge in [0.1, 0.15) is 11.5 Å². The molecule has 0 radical (unpaired) electrons. The minimum Gasteiger partial charge on any atom is -0.481 e. The Labute approximate surface area is 152 Å². The van der Waals surface area contributed by atoms with Gasteiger partial charge in [0.05, 0.1) is 18.8 Å². The zero-order chi connectivity index (χ0) is 19.2. The zero-order valence-electron chi connectivity index (χ0n) is 14.5. The lowest BCUT2D eigenvalue weighted by Crippen LogP contribution is -2.32. The van der Waals surface area contributed by atoms with Gasteiger partial charge in [-0.3, -0.25) is 4.79 Å². The maximum absolute atomic E-state index is 14.3. The largest absolute Gasteiger partial charge is 0.481 e. The Morgan fingerprint density at radius 3 is 2.85 bits per heavy atom. The molecule has 0 spiro atoms. The predicted molar refractivity (Wildman–Crippen MR) is 94.0 cm³/mol. The summed E-state index contributed by atoms with van der Waals surface area (Å²) in [7, 11) is 0. The van der Waals surface area contributed by atoms with Crippen LogP contribution in [0.25, 0.3) is 22.4 Å². The van der Waals surface area contributed by atoms with Crippen LogP contribution in [0.1, 0.15) is 26.2 Å². The number of carboxylic acids is 1. The van der Waals surface area contributed by atoms with Gasteiger partial charge in [-0.05, 0) is 24.3 Å². The number of aliphatic carboxylic acids is 1. The molecule has 1 atom stereocenters. The zero-order valence-corrected chi connectivity index (χ0v) is 14.5. The number of rotatable bonds is 6. The summed E-state index contributed by atoms with van der Waals surface area (Å²) in [5.74, 6) is -2.03. The van der Waals surface area contributed by atoms with Crippen LogP contribution in [0.3, 0.4) is 0 Å². The summed E-state index contributed by atoms with van der Waals surface area (Å²) in [6.07, 6.45) is 5.27. The van der Waals surface area contributed by atoms with Crippen molar-refractivity contribution in [3.8, 4) is 11.4 Å². The highest BCUT2D eigenvalue weighted by Gasteiger charge is 2.46. The van der Waals surface area contributed by atoms with Gasteiger partial charge >= 0.3 is 5.97 Å². The number of fused-ring (bicyclic) bond motifs is 1. The molecular formula is C18H17F2N5O2. The predicted octanol–water partition coefficient (Wildman–Crippen LogP) is 3.35. The Morgan fingerprint density at radius 2 is 2.15 bits per heavy atom. The van der Waals surface area contributed by atoms with Crippen LogP contribution in [0.5, 0.6) is 0 Å². The molecule has 9 heteroatoms. The molecule has 3 aromatic heterocycles. The molecule has 0 unspecified atom stereocenters. The van der Waals surface area contributed by atoms with Crippen molar-refractivity contribution in [3.63, 3.8) is 0 Å². The highest BCUT2D eigenvalue weighted by atomic mass is 19.1. The third-order valence-corrected chi connectivity index (χ3v) is 5.05. The van der Waals surface area contributed by atoms with Crippen molar-refractivity contribution in [3.05, 3.63) is 36.3 Å². The summed E-state index contributed by atoms with van der Waals surface area (Å²) >= 11 is 0. The molecule has 27 heavy (non-hydrogen) atoms. The first-order valence-corrected chi connectivity index (χ1v) is 8.49. The van der Waals surface area contributed by atoms with Crippen LogP contribution in [0.2, 0.25) is 0 Å². The van der Waals surface area contributed by atoms with Gasteiger partial charge in [0.25, 0.3) is 0 Å². The van der Waals surface area contributed by atoms with Crippen molar-refractivity contribution in [1.82, 2.24) is 19.9 Å². The molecule has 7 nitrogen and oxygen atoms in total. The van der Waals surface area contributed by atoms with E-state index in [4.69, 9.17) is 5.11 Å². The summed E-state index contributed by atoms with van der Waals surface area (Å²) in [4.78, 5) is 26.2. The molecule has 0 saturated heterocycles. The molecule has 0 bridgehead atoms. The van der Waals surface area contributed by atoms with Crippen LogP contribution in [0.15, 0.2) is 24.7 Å². The molecule has 0 amide bonds. The molecule has 3 heterocycles. The summed E-state index contributed by atoms with van der Waals surface area (Å²) in [5.41, 5.74) is 0.736. The molecule has 3 N–H and O–H groups in total. The number of anilines is 1. The smallest absolute Gasteiger partial charge is 0.305 e. The van der Waals surface area contributed by atoms with E-state index >= 15 is 0 Å². The van der Waals surface area contributed by atoms with Gasteiger partial charge in [0.2, 0.25) is 0 Å². The van der Waals surface area contributed by atoms with Crippen LogP contribution >= 0.6 is 0 Å². The van der Waals surface area contributed by atoms with Crippen LogP contribution in [0, 0.1) is 17.0 Å². The molecule has 3 aromatic rings. The number of hydrogen-bond donors (Lipinski definition) is 3. The summed E-state index contributed by atoms with van der Waals surface area (Å²) < 4.78 is 27.8. The topological polar surface area (TPSA) is 104 Å². The fraction of sp³-hybridized carbons (Fsp3) is 0.333. The number of aromatic amines is 1. The van der Waals surface area contributed by atoms with E-state index in [1.165, 1.54) is 6.07 Å². The van der Waals surface area contributed by atoms with Crippen LogP contribution < -0.4 is 5.32 Å². The van der Waals surface area contributed by atoms with Gasteiger partial charge in [-0.15, -0.1) is 0 Å². The second-order valence-corrected chi connectivity index (χ2v) is 7.09. The van der Waals surface area contributed by atoms with Crippen molar-refractivity contribution in [2.24, 2.45) is 5.41 Å². The molecule has 4 rings (SSSR count). The van der Waals surface area contributed by atoms with E-state index in [0.29, 0.717) is 16.6 Å². The number of hydrogen-bond acceptors (Lipinski definition) is 5. The highest BCUT2D eigenvalue weighted by molar-refractivity contribution is 5.91. The quantitative estimate of drug-likeness (QED) is 0.612. The second kappa shape index (κ2) is 6.26. The minimum absolute atomic E-state index is 0.0712. The average Bonchev–Trinajstić information content (AvgIpc) is 3.23. The summed E-state index contributed by atoms with van der Waals surface area (Å²) in [6, 6.07) is 0.848. The van der Waals surface area contributed by atoms with E-state index in [2.05, 4.69) is 25.3 Å². The SMILES string of the molecule is CC1([C@@H](CC(=O)O)Nc2nc(-c3c[nH]c4ncc(F)cc34)ncc2F)CC1. The Bertz CT molecular complexity index is 1030. The second-order valence-electron chi connectivity index (χ2n) is 7.09. The lowest BCUT2D eigenvalue weighted by molar-refractivity contribution is -0.137. The van der Waals surface area contributed by atoms with E-state index in [-0.39, 0.29) is 23.5 Å². The molecular weight excluding hydrogens is 356 g/mol. The number of pyridine rings is 1. The Kier molecular flexibility index (Phi) is 4.01. The van der Waals surface area contributed by atoms with E-state index in [9.17, 15) is 13.6 Å². The Hall–Kier alpha value is -3.10. The lowest BCUT2D eigenvalue weighted by atomic mass is 9.96. The van der Waals surface area contributed by atoms with Crippen molar-refractivity contribution >= 4 is 22.8 Å². The number of aromatic nitrogens is 4. The van der Waals surface area contributed by atoms with Gasteiger partial charge in [-0.1, -0.05) is 6.92 Å². The molecule has 1 aliphatic rings. The van der Waals surface area contributed by atoms with Crippen molar-refractivity contribution in [1.29, 1.82) is 0 Å². The molecule has 0 aromatic carbocycles. The Balaban J connectivity index is 1.70. The Morgan fingerprint density at radius 1 is 1.37 bits per heavy atom. The van der Waals surface area contributed by atoms with Gasteiger partial charge in [0, 0.05) is 23.2 Å². The van der Waals surface area contributed by atoms with Gasteiger partial charge < -0.3 is 15.4 Å². The lowest BCUT2D eigenvalue weighted by Gasteiger charge is -2.24. The minimum atomic E-state index is -0.964. The fourth-order valence-corrected chi connectivity index (χ4v) is 3.12. The van der Waals surface area contributed by atoms with E-state index in [1.54, 1.807) is 6.20 Å². The molecule has 140 valence electrons. The van der Waals surface area contributed by atoms with Crippen molar-refractivity contribution in [2.45, 2.75) is 32.2 Å². The first-order valence-electron chi connectivity index (χ1n) is 8.49. The standard InChI is InChI=1S/C18H17F2N5O2/c1-18(2-3-18)13(5-14(26)27)24-17-12(20)8-23-16(25-17)11-7-22-15-10(11)4-9(19)6-21-15/h4,6-8,13H,2-3,5H2,1H3,(H,21,22)(H,26,27)(H,23,24,25)/t13-/m1/s1. The summed E-state index contributed by atoms with van der Waals surface area (Å²) in [5, 5.41) is 12.6. The third-order valence-electron chi connectivity index (χ3n) is 5.05. The van der Waals surface area contributed by atoms with E-state index < -0.39 is 23.6 Å². The number of nitrogens with one attached hydrogen (secondary N) is 2. The first kappa shape index (κ1) is 17.3. The van der Waals surface area contributed by atoms with E-state index in [0.717, 1.165) is 25.2 Å². The van der Waals surface area contributed by atoms with Crippen LogP contribution in [0.4, 0.5) is 14.6 Å². The maximum atomic E-state index is 14.3. The molecule has 1 saturated carbocycles. The molecule has 1 fully saturated rings. The first-order chi connectivity index (χ1) is 12.9. The maximum Gasteiger partial charge on any atom is 0.305 e. The average molecular weight is 373 g/mol. The molecule has 1 aliphatic carbocycles. The summed E-state index contributed by atoms with van der Waals surface area (Å²) in [6.45, 7) is 1.96. The normalized spacial score (nSPS) is 16.3. The van der Waals surface area contributed by atoms with Crippen LogP contribution in [-0.4, -0.2) is 37.1 Å². The van der Waals surface area contributed by atoms with Crippen molar-refractivity contribution in [2.75, 3.05) is 5.32 Å². The number of halogens is 2. The van der Waals surface area contributed by atoms with Crippen LogP contribution in [-0.2, 0) is 4.79 Å². The van der Waals surface area contributed by atoms with Crippen molar-refractivity contribution < 1.29 is 18.7 Å². The third kappa shape index (κ3) is 3.32. The van der Waals surface area contributed by atoms with Gasteiger partial charge in [0.15, 0.2) is 17.5 Å². The number of H-pyrrole nitrogens is 1. The van der Waals surface area contributed by atoms with Gasteiger partial charge in [-0.25, -0.2) is 23.7 Å². The monoisotopic (exact) mass is 373 g/mol. The molecule has 0 aliphatic heterocycles. The number of carbonyl (C=O) groups is 1. The highest BCUT2D eigenvalue weighted by Crippen LogP contribution is 2.50. The van der Waals surface area contributed by atoms with E-state index in [1.807, 2.05) is 6.92 Å². The number of nitrogens with zero attached hydrogens (tertiary/aromatic N) is 3. The van der Waals surface area contributed by atoms with Gasteiger partial charge in [-0.2, -0.15) is 0 Å².